The molecule has 3 rings (SSSR count). The van der Waals surface area contributed by atoms with Crippen molar-refractivity contribution >= 4 is 28.6 Å². The number of rotatable bonds is 2. The second kappa shape index (κ2) is 5.04. The third-order valence-electron chi connectivity index (χ3n) is 3.56. The van der Waals surface area contributed by atoms with Crippen LogP contribution in [0.4, 0.5) is 24.5 Å². The van der Waals surface area contributed by atoms with Crippen LogP contribution in [0, 0.1) is 17.5 Å². The maximum atomic E-state index is 14.2. The minimum absolute atomic E-state index is 0.0526. The molecule has 0 atom stereocenters. The zero-order valence-corrected chi connectivity index (χ0v) is 11.7. The Morgan fingerprint density at radius 1 is 1.05 bits per heavy atom. The Kier molecular flexibility index (Phi) is 3.33. The zero-order valence-electron chi connectivity index (χ0n) is 10.9. The lowest BCUT2D eigenvalue weighted by Crippen LogP contribution is -2.18. The van der Waals surface area contributed by atoms with Gasteiger partial charge in [0.2, 0.25) is 0 Å². The fourth-order valence-electron chi connectivity index (χ4n) is 2.54. The Morgan fingerprint density at radius 3 is 2.52 bits per heavy atom. The number of nitrogens with two attached hydrogens (primary N) is 1. The Morgan fingerprint density at radius 2 is 1.81 bits per heavy atom. The molecule has 0 aliphatic carbocycles. The molecule has 0 bridgehead atoms. The van der Waals surface area contributed by atoms with Crippen molar-refractivity contribution in [3.8, 4) is 0 Å². The molecule has 2 N–H and O–H groups in total. The largest absolute Gasteiger partial charge is 0.389 e. The number of hydrogen-bond acceptors (Lipinski definition) is 2. The van der Waals surface area contributed by atoms with E-state index in [2.05, 4.69) is 12.2 Å². The average molecular weight is 308 g/mol. The van der Waals surface area contributed by atoms with Gasteiger partial charge in [0.15, 0.2) is 11.6 Å². The molecule has 0 spiro atoms. The Hall–Kier alpha value is -2.08. The Labute approximate surface area is 125 Å². The summed E-state index contributed by atoms with van der Waals surface area (Å²) < 4.78 is 41.6. The molecular weight excluding hydrogens is 297 g/mol. The highest BCUT2D eigenvalue weighted by Crippen LogP contribution is 2.37. The summed E-state index contributed by atoms with van der Waals surface area (Å²) in [4.78, 5) is 1.35. The van der Waals surface area contributed by atoms with E-state index >= 15 is 0 Å². The second-order valence-electron chi connectivity index (χ2n) is 4.80. The van der Waals surface area contributed by atoms with E-state index in [1.165, 1.54) is 24.3 Å². The predicted molar refractivity (Wildman–Crippen MR) is 79.4 cm³/mol. The van der Waals surface area contributed by atoms with Crippen LogP contribution in [0.5, 0.6) is 0 Å². The van der Waals surface area contributed by atoms with E-state index in [0.29, 0.717) is 18.7 Å². The quantitative estimate of drug-likeness (QED) is 0.862. The summed E-state index contributed by atoms with van der Waals surface area (Å²) in [6, 6.07) is 7.08. The standard InChI is InChI=1S/C15H11F3N2S/c16-9-2-1-8-5-6-20(12(8)7-9)11-4-3-10(15(19)21)13(17)14(11)18/h1-4,7H,5-6H2,(H2,19,21). The Balaban J connectivity index is 2.10. The number of hydrogen-bond donors (Lipinski definition) is 1. The molecule has 1 aliphatic heterocycles. The van der Waals surface area contributed by atoms with Gasteiger partial charge in [0.1, 0.15) is 10.8 Å². The van der Waals surface area contributed by atoms with Crippen molar-refractivity contribution in [1.29, 1.82) is 0 Å². The van der Waals surface area contributed by atoms with E-state index in [1.807, 2.05) is 0 Å². The van der Waals surface area contributed by atoms with E-state index in [0.717, 1.165) is 5.56 Å². The summed E-state index contributed by atoms with van der Waals surface area (Å²) in [6.45, 7) is 0.460. The molecule has 108 valence electrons. The van der Waals surface area contributed by atoms with Crippen molar-refractivity contribution in [2.45, 2.75) is 6.42 Å². The van der Waals surface area contributed by atoms with Crippen molar-refractivity contribution in [2.24, 2.45) is 5.73 Å². The minimum Gasteiger partial charge on any atom is -0.389 e. The van der Waals surface area contributed by atoms with Crippen LogP contribution >= 0.6 is 12.2 Å². The first-order valence-electron chi connectivity index (χ1n) is 6.33. The van der Waals surface area contributed by atoms with E-state index in [1.54, 1.807) is 11.0 Å². The van der Waals surface area contributed by atoms with Gasteiger partial charge in [-0.25, -0.2) is 13.2 Å². The lowest BCUT2D eigenvalue weighted by molar-refractivity contribution is 0.507. The fraction of sp³-hybridized carbons (Fsp3) is 0.133. The lowest BCUT2D eigenvalue weighted by Gasteiger charge is -2.21. The number of benzene rings is 2. The van der Waals surface area contributed by atoms with Crippen LogP contribution in [-0.4, -0.2) is 11.5 Å². The molecule has 6 heteroatoms. The summed E-state index contributed by atoms with van der Waals surface area (Å²) in [7, 11) is 0. The highest BCUT2D eigenvalue weighted by molar-refractivity contribution is 7.80. The molecule has 0 amide bonds. The summed E-state index contributed by atoms with van der Waals surface area (Å²) in [5.74, 6) is -2.52. The molecule has 1 heterocycles. The van der Waals surface area contributed by atoms with Gasteiger partial charge in [-0.1, -0.05) is 18.3 Å². The van der Waals surface area contributed by atoms with Gasteiger partial charge in [-0.15, -0.1) is 0 Å². The van der Waals surface area contributed by atoms with Crippen LogP contribution in [-0.2, 0) is 6.42 Å². The summed E-state index contributed by atoms with van der Waals surface area (Å²) in [5.41, 5.74) is 6.71. The molecule has 0 saturated heterocycles. The SMILES string of the molecule is NC(=S)c1ccc(N2CCc3ccc(F)cc32)c(F)c1F. The monoisotopic (exact) mass is 308 g/mol. The van der Waals surface area contributed by atoms with Crippen LogP contribution in [0.3, 0.4) is 0 Å². The number of nitrogens with zero attached hydrogens (tertiary/aromatic N) is 1. The highest BCUT2D eigenvalue weighted by Gasteiger charge is 2.25. The van der Waals surface area contributed by atoms with Crippen LogP contribution in [0.2, 0.25) is 0 Å². The molecule has 0 saturated carbocycles. The molecular formula is C15H11F3N2S. The molecule has 2 nitrogen and oxygen atoms in total. The van der Waals surface area contributed by atoms with Crippen LogP contribution in [0.15, 0.2) is 30.3 Å². The number of thiocarbonyl (C=S) groups is 1. The molecule has 21 heavy (non-hydrogen) atoms. The van der Waals surface area contributed by atoms with Gasteiger partial charge in [0.05, 0.1) is 5.69 Å². The van der Waals surface area contributed by atoms with Crippen LogP contribution < -0.4 is 10.6 Å². The van der Waals surface area contributed by atoms with E-state index in [4.69, 9.17) is 5.73 Å². The normalized spacial score (nSPS) is 13.4. The number of halogens is 3. The van der Waals surface area contributed by atoms with E-state index < -0.39 is 17.5 Å². The highest BCUT2D eigenvalue weighted by atomic mass is 32.1. The minimum atomic E-state index is -1.08. The van der Waals surface area contributed by atoms with Gasteiger partial charge in [0.25, 0.3) is 0 Å². The maximum Gasteiger partial charge on any atom is 0.183 e. The average Bonchev–Trinajstić information content (AvgIpc) is 2.84. The Bertz CT molecular complexity index is 746. The first-order valence-corrected chi connectivity index (χ1v) is 6.73. The van der Waals surface area contributed by atoms with Crippen LogP contribution in [0.25, 0.3) is 0 Å². The molecule has 0 radical (unpaired) electrons. The first kappa shape index (κ1) is 13.9. The molecule has 1 aliphatic rings. The molecule has 0 unspecified atom stereocenters. The zero-order chi connectivity index (χ0) is 15.1. The fourth-order valence-corrected chi connectivity index (χ4v) is 2.70. The predicted octanol–water partition coefficient (Wildman–Crippen LogP) is 3.43. The van der Waals surface area contributed by atoms with Crippen molar-refractivity contribution in [3.63, 3.8) is 0 Å². The van der Waals surface area contributed by atoms with E-state index in [-0.39, 0.29) is 16.2 Å². The molecule has 0 fully saturated rings. The van der Waals surface area contributed by atoms with Crippen molar-refractivity contribution in [1.82, 2.24) is 0 Å². The lowest BCUT2D eigenvalue weighted by atomic mass is 10.1. The van der Waals surface area contributed by atoms with E-state index in [9.17, 15) is 13.2 Å². The molecule has 2 aromatic carbocycles. The van der Waals surface area contributed by atoms with Gasteiger partial charge in [0, 0.05) is 17.8 Å². The molecule has 0 aromatic heterocycles. The van der Waals surface area contributed by atoms with Crippen molar-refractivity contribution in [3.05, 3.63) is 58.9 Å². The number of anilines is 2. The third-order valence-corrected chi connectivity index (χ3v) is 3.78. The van der Waals surface area contributed by atoms with Gasteiger partial charge < -0.3 is 10.6 Å². The van der Waals surface area contributed by atoms with Gasteiger partial charge >= 0.3 is 0 Å². The summed E-state index contributed by atoms with van der Waals surface area (Å²) in [5, 5.41) is 0. The summed E-state index contributed by atoms with van der Waals surface area (Å²) >= 11 is 4.68. The van der Waals surface area contributed by atoms with Crippen molar-refractivity contribution < 1.29 is 13.2 Å². The van der Waals surface area contributed by atoms with Gasteiger partial charge in [-0.05, 0) is 36.2 Å². The van der Waals surface area contributed by atoms with Gasteiger partial charge in [-0.2, -0.15) is 0 Å². The third kappa shape index (κ3) is 2.25. The summed E-state index contributed by atoms with van der Waals surface area (Å²) in [6.07, 6.45) is 0.647. The van der Waals surface area contributed by atoms with Gasteiger partial charge in [-0.3, -0.25) is 0 Å². The smallest absolute Gasteiger partial charge is 0.183 e. The van der Waals surface area contributed by atoms with Crippen LogP contribution in [0.1, 0.15) is 11.1 Å². The van der Waals surface area contributed by atoms with Crippen molar-refractivity contribution in [2.75, 3.05) is 11.4 Å². The molecule has 2 aromatic rings. The maximum absolute atomic E-state index is 14.2. The topological polar surface area (TPSA) is 29.3 Å². The first-order chi connectivity index (χ1) is 9.99. The number of fused-ring (bicyclic) bond motifs is 1. The second-order valence-corrected chi connectivity index (χ2v) is 5.24.